The molecule has 3 aliphatic rings. The van der Waals surface area contributed by atoms with Gasteiger partial charge in [0.05, 0.1) is 29.1 Å². The number of hydrogen-bond acceptors (Lipinski definition) is 9. The average molecular weight is 883 g/mol. The van der Waals surface area contributed by atoms with Crippen LogP contribution in [0.1, 0.15) is 62.9 Å². The molecule has 10 nitrogen and oxygen atoms in total. The van der Waals surface area contributed by atoms with Crippen molar-refractivity contribution in [3.05, 3.63) is 153 Å². The summed E-state index contributed by atoms with van der Waals surface area (Å²) in [6.07, 6.45) is 8.29. The Bertz CT molecular complexity index is 2870. The second-order valence-electron chi connectivity index (χ2n) is 17.5. The second-order valence-corrected chi connectivity index (χ2v) is 21.8. The molecule has 3 aliphatic heterocycles. The van der Waals surface area contributed by atoms with E-state index in [4.69, 9.17) is 0 Å². The molecule has 0 atom stereocenters. The maximum Gasteiger partial charge on any atom is 0.211 e. The van der Waals surface area contributed by atoms with Crippen molar-refractivity contribution in [3.63, 3.8) is 0 Å². The maximum absolute atomic E-state index is 11.9. The predicted octanol–water partition coefficient (Wildman–Crippen LogP) is 9.78. The fourth-order valence-corrected chi connectivity index (χ4v) is 11.2. The zero-order valence-corrected chi connectivity index (χ0v) is 38.8. The van der Waals surface area contributed by atoms with Crippen molar-refractivity contribution in [2.75, 3.05) is 41.5 Å². The smallest absolute Gasteiger partial charge is 0.211 e. The third kappa shape index (κ3) is 10.4. The first-order valence-corrected chi connectivity index (χ1v) is 25.5. The first-order valence-electron chi connectivity index (χ1n) is 21.8. The minimum atomic E-state index is -3.18. The van der Waals surface area contributed by atoms with Gasteiger partial charge in [0.25, 0.3) is 0 Å². The van der Waals surface area contributed by atoms with Crippen molar-refractivity contribution in [3.8, 4) is 22.5 Å². The number of aryl methyl sites for hydroxylation is 5. The van der Waals surface area contributed by atoms with Gasteiger partial charge >= 0.3 is 0 Å². The van der Waals surface area contributed by atoms with E-state index in [0.717, 1.165) is 88.7 Å². The SMILES string of the molecule is Cc1ccc(-c2cc(Nc3cccc4c3CCN(C3CCS(=O)(=O)CC3)C4)ccc2C)nc1.Cc1cnc(-c2cc(Nc3cccc4c3CCN(S(C)(=O)=O)C4)ccc2C)cc1C. The Labute approximate surface area is 373 Å². The van der Waals surface area contributed by atoms with Crippen molar-refractivity contribution in [2.45, 2.75) is 79.4 Å². The summed E-state index contributed by atoms with van der Waals surface area (Å²) in [7, 11) is -6.01. The Morgan fingerprint density at radius 1 is 0.619 bits per heavy atom. The van der Waals surface area contributed by atoms with E-state index in [2.05, 4.69) is 139 Å². The molecule has 12 heteroatoms. The van der Waals surface area contributed by atoms with Crippen molar-refractivity contribution in [2.24, 2.45) is 0 Å². The van der Waals surface area contributed by atoms with E-state index >= 15 is 0 Å². The molecule has 328 valence electrons. The zero-order valence-electron chi connectivity index (χ0n) is 37.2. The summed E-state index contributed by atoms with van der Waals surface area (Å²) in [6.45, 7) is 13.2. The molecule has 0 spiro atoms. The molecule has 2 aromatic heterocycles. The molecule has 0 amide bonds. The Hall–Kier alpha value is -5.40. The minimum absolute atomic E-state index is 0.328. The van der Waals surface area contributed by atoms with Gasteiger partial charge in [-0.2, -0.15) is 4.31 Å². The monoisotopic (exact) mass is 882 g/mol. The topological polar surface area (TPSA) is 125 Å². The van der Waals surface area contributed by atoms with E-state index in [1.165, 1.54) is 49.5 Å². The zero-order chi connectivity index (χ0) is 44.5. The molecule has 0 saturated carbocycles. The van der Waals surface area contributed by atoms with Gasteiger partial charge in [-0.3, -0.25) is 14.9 Å². The first-order chi connectivity index (χ1) is 30.1. The summed E-state index contributed by atoms with van der Waals surface area (Å²) in [5.74, 6) is 0.655. The molecular formula is C51H58N6O4S2. The molecular weight excluding hydrogens is 825 g/mol. The number of pyridine rings is 2. The van der Waals surface area contributed by atoms with Gasteiger partial charge in [-0.15, -0.1) is 0 Å². The second kappa shape index (κ2) is 18.4. The van der Waals surface area contributed by atoms with Gasteiger partial charge in [0, 0.05) is 78.5 Å². The molecule has 1 fully saturated rings. The summed E-state index contributed by atoms with van der Waals surface area (Å²) in [4.78, 5) is 11.7. The van der Waals surface area contributed by atoms with E-state index in [1.807, 2.05) is 24.5 Å². The summed E-state index contributed by atoms with van der Waals surface area (Å²) in [5.41, 5.74) is 19.4. The van der Waals surface area contributed by atoms with E-state index < -0.39 is 19.9 Å². The van der Waals surface area contributed by atoms with Crippen molar-refractivity contribution >= 4 is 42.6 Å². The molecule has 0 unspecified atom stereocenters. The molecule has 0 bridgehead atoms. The highest BCUT2D eigenvalue weighted by Gasteiger charge is 2.31. The lowest BCUT2D eigenvalue weighted by Crippen LogP contribution is -2.43. The van der Waals surface area contributed by atoms with E-state index in [1.54, 1.807) is 0 Å². The van der Waals surface area contributed by atoms with Crippen LogP contribution in [0.3, 0.4) is 0 Å². The third-order valence-electron chi connectivity index (χ3n) is 12.9. The van der Waals surface area contributed by atoms with E-state index in [0.29, 0.717) is 37.1 Å². The summed E-state index contributed by atoms with van der Waals surface area (Å²) < 4.78 is 49.0. The number of hydrogen-bond donors (Lipinski definition) is 2. The molecule has 9 rings (SSSR count). The van der Waals surface area contributed by atoms with Crippen LogP contribution < -0.4 is 10.6 Å². The van der Waals surface area contributed by atoms with Crippen LogP contribution in [0.5, 0.6) is 0 Å². The maximum atomic E-state index is 11.9. The predicted molar refractivity (Wildman–Crippen MR) is 257 cm³/mol. The highest BCUT2D eigenvalue weighted by atomic mass is 32.2. The van der Waals surface area contributed by atoms with Crippen LogP contribution in [0.25, 0.3) is 22.5 Å². The van der Waals surface area contributed by atoms with Crippen LogP contribution in [-0.2, 0) is 45.8 Å². The number of sulfone groups is 1. The molecule has 4 aromatic carbocycles. The number of rotatable bonds is 8. The largest absolute Gasteiger partial charge is 0.355 e. The van der Waals surface area contributed by atoms with Gasteiger partial charge in [0.15, 0.2) is 0 Å². The van der Waals surface area contributed by atoms with E-state index in [9.17, 15) is 16.8 Å². The molecule has 0 aliphatic carbocycles. The lowest BCUT2D eigenvalue weighted by atomic mass is 9.95. The van der Waals surface area contributed by atoms with E-state index in [-0.39, 0.29) is 0 Å². The molecule has 5 heterocycles. The number of benzene rings is 4. The van der Waals surface area contributed by atoms with Gasteiger partial charge in [-0.25, -0.2) is 16.8 Å². The standard InChI is InChI=1S/C27H31N3O2S.C24H27N3O2S/c1-19-6-9-26(28-17-19)25-16-22(8-7-20(25)2)29-27-5-3-4-21-18-30(13-10-24(21)27)23-11-14-33(31,32)15-12-23;1-16-8-9-20(13-22(16)24-12-17(2)18(3)14-25-24)26-23-7-5-6-19-15-27(30(4,28)29)11-10-21(19)23/h3-9,16-17,23,29H,10-15,18H2,1-2H3;5-9,12-14,26H,10-11,15H2,1-4H3. The van der Waals surface area contributed by atoms with Crippen LogP contribution in [0, 0.1) is 34.6 Å². The lowest BCUT2D eigenvalue weighted by Gasteiger charge is -2.38. The van der Waals surface area contributed by atoms with Crippen molar-refractivity contribution < 1.29 is 16.8 Å². The Morgan fingerprint density at radius 3 is 1.76 bits per heavy atom. The van der Waals surface area contributed by atoms with Gasteiger partial charge in [0.1, 0.15) is 9.84 Å². The van der Waals surface area contributed by atoms with Crippen LogP contribution in [0.15, 0.2) is 103 Å². The van der Waals surface area contributed by atoms with Gasteiger partial charge in [-0.05, 0) is 159 Å². The quantitative estimate of drug-likeness (QED) is 0.154. The van der Waals surface area contributed by atoms with Crippen LogP contribution in [0.4, 0.5) is 22.7 Å². The summed E-state index contributed by atoms with van der Waals surface area (Å²) >= 11 is 0. The molecule has 63 heavy (non-hydrogen) atoms. The number of anilines is 4. The van der Waals surface area contributed by atoms with Gasteiger partial charge in [-0.1, -0.05) is 42.5 Å². The number of sulfonamides is 1. The first kappa shape index (κ1) is 44.2. The van der Waals surface area contributed by atoms with Crippen LogP contribution in [0.2, 0.25) is 0 Å². The highest BCUT2D eigenvalue weighted by molar-refractivity contribution is 7.91. The number of nitrogens with one attached hydrogen (secondary N) is 2. The highest BCUT2D eigenvalue weighted by Crippen LogP contribution is 2.35. The Balaban J connectivity index is 0.000000174. The fourth-order valence-electron chi connectivity index (χ4n) is 8.95. The average Bonchev–Trinajstić information content (AvgIpc) is 3.26. The number of fused-ring (bicyclic) bond motifs is 2. The minimum Gasteiger partial charge on any atom is -0.355 e. The molecule has 0 radical (unpaired) electrons. The van der Waals surface area contributed by atoms with Crippen molar-refractivity contribution in [1.29, 1.82) is 0 Å². The van der Waals surface area contributed by atoms with Crippen molar-refractivity contribution in [1.82, 2.24) is 19.2 Å². The molecule has 1 saturated heterocycles. The lowest BCUT2D eigenvalue weighted by molar-refractivity contribution is 0.167. The molecule has 2 N–H and O–H groups in total. The fraction of sp³-hybridized carbons (Fsp3) is 0.333. The van der Waals surface area contributed by atoms with Gasteiger partial charge in [0.2, 0.25) is 10.0 Å². The third-order valence-corrected chi connectivity index (χ3v) is 15.9. The normalized spacial score (nSPS) is 16.6. The Morgan fingerprint density at radius 2 is 1.19 bits per heavy atom. The van der Waals surface area contributed by atoms with Crippen LogP contribution in [-0.4, -0.2) is 72.9 Å². The molecule has 6 aromatic rings. The Kier molecular flexibility index (Phi) is 12.9. The van der Waals surface area contributed by atoms with Gasteiger partial charge < -0.3 is 10.6 Å². The van der Waals surface area contributed by atoms with Crippen LogP contribution >= 0.6 is 0 Å². The number of nitrogens with zero attached hydrogens (tertiary/aromatic N) is 4. The summed E-state index contributed by atoms with van der Waals surface area (Å²) in [6, 6.07) is 32.0. The summed E-state index contributed by atoms with van der Waals surface area (Å²) in [5, 5.41) is 7.21. The number of aromatic nitrogens is 2.